The predicted octanol–water partition coefficient (Wildman–Crippen LogP) is 6.53. The van der Waals surface area contributed by atoms with Crippen LogP contribution in [0.3, 0.4) is 0 Å². The molecular formula is C29H29N3O2. The van der Waals surface area contributed by atoms with Gasteiger partial charge in [-0.25, -0.2) is 9.97 Å². The van der Waals surface area contributed by atoms with E-state index in [1.165, 1.54) is 24.6 Å². The minimum absolute atomic E-state index is 0.0705. The van der Waals surface area contributed by atoms with Gasteiger partial charge in [-0.3, -0.25) is 4.79 Å². The highest BCUT2D eigenvalue weighted by atomic mass is 16.5. The van der Waals surface area contributed by atoms with Crippen LogP contribution in [0.5, 0.6) is 5.75 Å². The number of hydrogen-bond acceptors (Lipinski definition) is 4. The molecule has 0 saturated heterocycles. The number of rotatable bonds is 6. The summed E-state index contributed by atoms with van der Waals surface area (Å²) in [6.45, 7) is 0. The summed E-state index contributed by atoms with van der Waals surface area (Å²) in [5.41, 5.74) is 3.69. The smallest absolute Gasteiger partial charge is 0.229 e. The molecule has 5 nitrogen and oxygen atoms in total. The highest BCUT2D eigenvalue weighted by molar-refractivity contribution is 5.93. The fourth-order valence-electron chi connectivity index (χ4n) is 4.77. The number of hydrogen-bond donors (Lipinski definition) is 1. The minimum atomic E-state index is -0.0705. The van der Waals surface area contributed by atoms with E-state index in [1.807, 2.05) is 42.5 Å². The van der Waals surface area contributed by atoms with E-state index in [4.69, 9.17) is 9.72 Å². The van der Waals surface area contributed by atoms with Gasteiger partial charge in [0.2, 0.25) is 5.91 Å². The van der Waals surface area contributed by atoms with Crippen LogP contribution in [-0.2, 0) is 11.2 Å². The van der Waals surface area contributed by atoms with Crippen molar-refractivity contribution in [1.29, 1.82) is 0 Å². The molecule has 1 N–H and O–H groups in total. The molecule has 0 unspecified atom stereocenters. The lowest BCUT2D eigenvalue weighted by molar-refractivity contribution is -0.115. The number of nitrogens with zero attached hydrogens (tertiary/aromatic N) is 2. The zero-order chi connectivity index (χ0) is 23.3. The normalized spacial score (nSPS) is 14.1. The van der Waals surface area contributed by atoms with Crippen molar-refractivity contribution in [2.24, 2.45) is 0 Å². The van der Waals surface area contributed by atoms with Gasteiger partial charge in [-0.05, 0) is 53.4 Å². The van der Waals surface area contributed by atoms with E-state index in [9.17, 15) is 4.79 Å². The minimum Gasteiger partial charge on any atom is -0.497 e. The SMILES string of the molecule is COc1ccc(-c2cnc(NC(=O)Cc3ccc4ccccc4c3)c(C3CCCCC3)n2)cc1. The Labute approximate surface area is 200 Å². The van der Waals surface area contributed by atoms with Crippen molar-refractivity contribution in [3.05, 3.63) is 84.2 Å². The number of ether oxygens (including phenoxy) is 1. The molecule has 5 rings (SSSR count). The van der Waals surface area contributed by atoms with Gasteiger partial charge >= 0.3 is 0 Å². The third-order valence-electron chi connectivity index (χ3n) is 6.61. The first-order valence-electron chi connectivity index (χ1n) is 12.0. The Morgan fingerprint density at radius 1 is 0.971 bits per heavy atom. The molecule has 1 fully saturated rings. The van der Waals surface area contributed by atoms with Crippen molar-refractivity contribution in [3.63, 3.8) is 0 Å². The van der Waals surface area contributed by atoms with Crippen molar-refractivity contribution < 1.29 is 9.53 Å². The molecule has 1 amide bonds. The number of carbonyl (C=O) groups excluding carboxylic acids is 1. The van der Waals surface area contributed by atoms with E-state index in [2.05, 4.69) is 34.6 Å². The number of methoxy groups -OCH3 is 1. The Kier molecular flexibility index (Phi) is 6.52. The lowest BCUT2D eigenvalue weighted by Crippen LogP contribution is -2.19. The number of fused-ring (bicyclic) bond motifs is 1. The maximum atomic E-state index is 13.0. The van der Waals surface area contributed by atoms with Crippen LogP contribution < -0.4 is 10.1 Å². The zero-order valence-corrected chi connectivity index (χ0v) is 19.5. The van der Waals surface area contributed by atoms with Crippen molar-refractivity contribution >= 4 is 22.5 Å². The maximum absolute atomic E-state index is 13.0. The summed E-state index contributed by atoms with van der Waals surface area (Å²) >= 11 is 0. The van der Waals surface area contributed by atoms with Gasteiger partial charge in [0.15, 0.2) is 5.82 Å². The summed E-state index contributed by atoms with van der Waals surface area (Å²) in [6, 6.07) is 22.2. The number of nitrogens with one attached hydrogen (secondary N) is 1. The van der Waals surface area contributed by atoms with Gasteiger partial charge in [0, 0.05) is 11.5 Å². The second kappa shape index (κ2) is 10.0. The zero-order valence-electron chi connectivity index (χ0n) is 19.5. The predicted molar refractivity (Wildman–Crippen MR) is 136 cm³/mol. The summed E-state index contributed by atoms with van der Waals surface area (Å²) in [7, 11) is 1.66. The Balaban J connectivity index is 1.40. The van der Waals surface area contributed by atoms with Gasteiger partial charge in [-0.1, -0.05) is 61.7 Å². The number of carbonyl (C=O) groups is 1. The van der Waals surface area contributed by atoms with Crippen LogP contribution in [0.2, 0.25) is 0 Å². The van der Waals surface area contributed by atoms with Gasteiger partial charge in [-0.15, -0.1) is 0 Å². The summed E-state index contributed by atoms with van der Waals surface area (Å²) in [6.07, 6.45) is 7.83. The quantitative estimate of drug-likeness (QED) is 0.362. The standard InChI is InChI=1S/C29H29N3O2/c1-34-25-15-13-22(14-16-25)26-19-30-29(28(31-26)23-8-3-2-4-9-23)32-27(33)18-20-11-12-21-7-5-6-10-24(21)17-20/h5-7,10-17,19,23H,2-4,8-9,18H2,1H3,(H,30,32,33). The van der Waals surface area contributed by atoms with Crippen molar-refractivity contribution in [1.82, 2.24) is 9.97 Å². The first-order valence-corrected chi connectivity index (χ1v) is 12.0. The fraction of sp³-hybridized carbons (Fsp3) is 0.276. The second-order valence-corrected chi connectivity index (χ2v) is 8.96. The topological polar surface area (TPSA) is 64.1 Å². The molecule has 0 bridgehead atoms. The molecule has 0 radical (unpaired) electrons. The third kappa shape index (κ3) is 4.93. The van der Waals surface area contributed by atoms with Crippen LogP contribution in [0, 0.1) is 0 Å². The molecule has 1 heterocycles. The summed E-state index contributed by atoms with van der Waals surface area (Å²) < 4.78 is 5.28. The highest BCUT2D eigenvalue weighted by Gasteiger charge is 2.23. The molecule has 1 aliphatic rings. The molecule has 1 saturated carbocycles. The van der Waals surface area contributed by atoms with Crippen molar-refractivity contribution in [3.8, 4) is 17.0 Å². The highest BCUT2D eigenvalue weighted by Crippen LogP contribution is 2.36. The summed E-state index contributed by atoms with van der Waals surface area (Å²) in [5, 5.41) is 5.38. The molecule has 34 heavy (non-hydrogen) atoms. The first kappa shape index (κ1) is 22.1. The summed E-state index contributed by atoms with van der Waals surface area (Å²) in [5.74, 6) is 1.64. The van der Waals surface area contributed by atoms with Crippen LogP contribution in [0.25, 0.3) is 22.0 Å². The van der Waals surface area contributed by atoms with Gasteiger partial charge in [0.25, 0.3) is 0 Å². The Hall–Kier alpha value is -3.73. The van der Waals surface area contributed by atoms with E-state index in [0.29, 0.717) is 18.2 Å². The molecule has 0 atom stereocenters. The van der Waals surface area contributed by atoms with Gasteiger partial charge < -0.3 is 10.1 Å². The van der Waals surface area contributed by atoms with Crippen molar-refractivity contribution in [2.45, 2.75) is 44.4 Å². The van der Waals surface area contributed by atoms with Crippen LogP contribution in [0.4, 0.5) is 5.82 Å². The number of aromatic nitrogens is 2. The first-order chi connectivity index (χ1) is 16.7. The molecule has 5 heteroatoms. The van der Waals surface area contributed by atoms with E-state index in [-0.39, 0.29) is 5.91 Å². The molecule has 0 spiro atoms. The number of amides is 1. The largest absolute Gasteiger partial charge is 0.497 e. The summed E-state index contributed by atoms with van der Waals surface area (Å²) in [4.78, 5) is 22.7. The lowest BCUT2D eigenvalue weighted by Gasteiger charge is -2.23. The second-order valence-electron chi connectivity index (χ2n) is 8.96. The molecule has 1 aromatic heterocycles. The molecular weight excluding hydrogens is 422 g/mol. The maximum Gasteiger partial charge on any atom is 0.229 e. The van der Waals surface area contributed by atoms with Gasteiger partial charge in [0.1, 0.15) is 5.75 Å². The lowest BCUT2D eigenvalue weighted by atomic mass is 9.86. The number of benzene rings is 3. The van der Waals surface area contributed by atoms with Crippen molar-refractivity contribution in [2.75, 3.05) is 12.4 Å². The number of anilines is 1. The van der Waals surface area contributed by atoms with E-state index < -0.39 is 0 Å². The average molecular weight is 452 g/mol. The van der Waals surface area contributed by atoms with Crippen LogP contribution in [0.15, 0.2) is 72.9 Å². The fourth-order valence-corrected chi connectivity index (χ4v) is 4.77. The van der Waals surface area contributed by atoms with Gasteiger partial charge in [0.05, 0.1) is 31.1 Å². The Morgan fingerprint density at radius 3 is 2.50 bits per heavy atom. The molecule has 4 aromatic rings. The molecule has 172 valence electrons. The Bertz CT molecular complexity index is 1290. The monoisotopic (exact) mass is 451 g/mol. The average Bonchev–Trinajstić information content (AvgIpc) is 2.89. The van der Waals surface area contributed by atoms with E-state index in [0.717, 1.165) is 46.5 Å². The van der Waals surface area contributed by atoms with Crippen LogP contribution >= 0.6 is 0 Å². The molecule has 1 aliphatic carbocycles. The van der Waals surface area contributed by atoms with Crippen LogP contribution in [0.1, 0.15) is 49.3 Å². The molecule has 3 aromatic carbocycles. The third-order valence-corrected chi connectivity index (χ3v) is 6.61. The van der Waals surface area contributed by atoms with E-state index >= 15 is 0 Å². The Morgan fingerprint density at radius 2 is 1.74 bits per heavy atom. The van der Waals surface area contributed by atoms with Gasteiger partial charge in [-0.2, -0.15) is 0 Å². The van der Waals surface area contributed by atoms with Crippen LogP contribution in [-0.4, -0.2) is 23.0 Å². The molecule has 0 aliphatic heterocycles. The van der Waals surface area contributed by atoms with E-state index in [1.54, 1.807) is 13.3 Å².